The van der Waals surface area contributed by atoms with Crippen LogP contribution in [-0.4, -0.2) is 23.4 Å². The molecule has 1 amide bonds. The number of carbonyl (C=O) groups excluding carboxylic acids is 1. The fourth-order valence-corrected chi connectivity index (χ4v) is 4.12. The summed E-state index contributed by atoms with van der Waals surface area (Å²) in [6, 6.07) is 9.79. The normalized spacial score (nSPS) is 15.8. The van der Waals surface area contributed by atoms with Gasteiger partial charge in [0.05, 0.1) is 29.4 Å². The number of nitrogens with zero attached hydrogens (tertiary/aromatic N) is 1. The molecule has 1 heterocycles. The molecule has 30 heavy (non-hydrogen) atoms. The number of rotatable bonds is 6. The van der Waals surface area contributed by atoms with E-state index in [-0.39, 0.29) is 10.0 Å². The van der Waals surface area contributed by atoms with Gasteiger partial charge in [0.1, 0.15) is 0 Å². The van der Waals surface area contributed by atoms with E-state index in [1.54, 1.807) is 24.3 Å². The molecule has 3 rings (SSSR count). The minimum absolute atomic E-state index is 0.0809. The van der Waals surface area contributed by atoms with Gasteiger partial charge in [0, 0.05) is 0 Å². The monoisotopic (exact) mass is 453 g/mol. The van der Waals surface area contributed by atoms with Gasteiger partial charge in [0.2, 0.25) is 0 Å². The minimum atomic E-state index is -4.51. The largest absolute Gasteiger partial charge is 0.490 e. The highest BCUT2D eigenvalue weighted by atomic mass is 32.2. The summed E-state index contributed by atoms with van der Waals surface area (Å²) in [7, 11) is 0. The molecular weight excluding hydrogens is 435 g/mol. The first-order valence-corrected chi connectivity index (χ1v) is 10.3. The first kappa shape index (κ1) is 22.2. The topological polar surface area (TPSA) is 38.8 Å². The van der Waals surface area contributed by atoms with Crippen molar-refractivity contribution < 1.29 is 27.4 Å². The highest BCUT2D eigenvalue weighted by Crippen LogP contribution is 2.39. The lowest BCUT2D eigenvalue weighted by Gasteiger charge is -2.16. The Morgan fingerprint density at radius 1 is 1.07 bits per heavy atom. The van der Waals surface area contributed by atoms with Gasteiger partial charge in [-0.15, -0.1) is 0 Å². The second-order valence-electron chi connectivity index (χ2n) is 6.14. The first-order chi connectivity index (χ1) is 14.2. The number of thiocarbonyl (C=S) groups is 1. The molecule has 0 atom stereocenters. The number of alkyl halides is 3. The van der Waals surface area contributed by atoms with Crippen LogP contribution in [0.3, 0.4) is 0 Å². The van der Waals surface area contributed by atoms with Gasteiger partial charge in [-0.3, -0.25) is 9.69 Å². The van der Waals surface area contributed by atoms with Crippen LogP contribution < -0.4 is 14.4 Å². The summed E-state index contributed by atoms with van der Waals surface area (Å²) >= 11 is 6.29. The van der Waals surface area contributed by atoms with E-state index in [1.165, 1.54) is 12.1 Å². The zero-order chi connectivity index (χ0) is 21.9. The Morgan fingerprint density at radius 2 is 1.77 bits per heavy atom. The molecule has 0 bridgehead atoms. The summed E-state index contributed by atoms with van der Waals surface area (Å²) in [6.07, 6.45) is -2.88. The number of halogens is 3. The van der Waals surface area contributed by atoms with E-state index in [0.717, 1.165) is 28.8 Å². The zero-order valence-electron chi connectivity index (χ0n) is 16.2. The van der Waals surface area contributed by atoms with Crippen molar-refractivity contribution in [3.63, 3.8) is 0 Å². The van der Waals surface area contributed by atoms with Crippen molar-refractivity contribution in [2.24, 2.45) is 0 Å². The van der Waals surface area contributed by atoms with E-state index in [9.17, 15) is 18.0 Å². The number of hydrogen-bond acceptors (Lipinski definition) is 5. The van der Waals surface area contributed by atoms with E-state index in [1.807, 2.05) is 13.8 Å². The lowest BCUT2D eigenvalue weighted by Crippen LogP contribution is -2.27. The fourth-order valence-electron chi connectivity index (χ4n) is 2.82. The van der Waals surface area contributed by atoms with E-state index in [0.29, 0.717) is 35.2 Å². The average Bonchev–Trinajstić information content (AvgIpc) is 2.97. The van der Waals surface area contributed by atoms with Crippen LogP contribution in [0.1, 0.15) is 25.0 Å². The molecule has 0 unspecified atom stereocenters. The highest BCUT2D eigenvalue weighted by Gasteiger charge is 2.36. The fraction of sp³-hybridized carbons (Fsp3) is 0.238. The quantitative estimate of drug-likeness (QED) is 0.402. The van der Waals surface area contributed by atoms with Crippen molar-refractivity contribution in [3.05, 3.63) is 58.5 Å². The van der Waals surface area contributed by atoms with Gasteiger partial charge in [0.25, 0.3) is 5.91 Å². The van der Waals surface area contributed by atoms with Crippen molar-refractivity contribution in [2.75, 3.05) is 18.1 Å². The summed E-state index contributed by atoms with van der Waals surface area (Å²) in [6.45, 7) is 4.64. The Kier molecular flexibility index (Phi) is 6.72. The maximum absolute atomic E-state index is 13.0. The van der Waals surface area contributed by atoms with Crippen LogP contribution >= 0.6 is 24.0 Å². The molecule has 0 radical (unpaired) electrons. The predicted molar refractivity (Wildman–Crippen MR) is 116 cm³/mol. The molecule has 1 aliphatic rings. The molecule has 1 saturated heterocycles. The van der Waals surface area contributed by atoms with E-state index < -0.39 is 17.6 Å². The molecule has 0 aromatic heterocycles. The Labute approximate surface area is 181 Å². The summed E-state index contributed by atoms with van der Waals surface area (Å²) < 4.78 is 50.4. The van der Waals surface area contributed by atoms with Crippen molar-refractivity contribution in [1.29, 1.82) is 0 Å². The van der Waals surface area contributed by atoms with Gasteiger partial charge in [-0.1, -0.05) is 36.1 Å². The maximum atomic E-state index is 13.0. The van der Waals surface area contributed by atoms with Crippen molar-refractivity contribution in [2.45, 2.75) is 20.0 Å². The zero-order valence-corrected chi connectivity index (χ0v) is 17.8. The van der Waals surface area contributed by atoms with Crippen LogP contribution in [0.2, 0.25) is 0 Å². The second-order valence-corrected chi connectivity index (χ2v) is 7.81. The molecule has 158 valence electrons. The molecule has 0 spiro atoms. The minimum Gasteiger partial charge on any atom is -0.490 e. The number of ether oxygens (including phenoxy) is 2. The van der Waals surface area contributed by atoms with Crippen LogP contribution in [0, 0.1) is 0 Å². The molecule has 2 aromatic rings. The predicted octanol–water partition coefficient (Wildman–Crippen LogP) is 5.91. The molecule has 1 fully saturated rings. The number of carbonyl (C=O) groups is 1. The molecule has 0 N–H and O–H groups in total. The standard InChI is InChI=1S/C21H18F3NO3S2/c1-3-27-16-9-8-13(10-17(16)28-4-2)11-18-19(26)25(20(29)30-18)15-7-5-6-14(12-15)21(22,23)24/h5-12H,3-4H2,1-2H3. The third-order valence-electron chi connectivity index (χ3n) is 4.09. The summed E-state index contributed by atoms with van der Waals surface area (Å²) in [5.41, 5.74) is -0.0743. The van der Waals surface area contributed by atoms with Crippen LogP contribution in [-0.2, 0) is 11.0 Å². The number of benzene rings is 2. The van der Waals surface area contributed by atoms with Gasteiger partial charge in [0.15, 0.2) is 15.8 Å². The smallest absolute Gasteiger partial charge is 0.416 e. The molecule has 2 aromatic carbocycles. The van der Waals surface area contributed by atoms with Crippen molar-refractivity contribution >= 4 is 46.0 Å². The van der Waals surface area contributed by atoms with Crippen LogP contribution in [0.25, 0.3) is 6.08 Å². The van der Waals surface area contributed by atoms with Gasteiger partial charge in [-0.05, 0) is 55.8 Å². The molecule has 4 nitrogen and oxygen atoms in total. The lowest BCUT2D eigenvalue weighted by molar-refractivity contribution is -0.137. The molecule has 1 aliphatic heterocycles. The summed E-state index contributed by atoms with van der Waals surface area (Å²) in [5, 5.41) is 0. The van der Waals surface area contributed by atoms with Gasteiger partial charge >= 0.3 is 6.18 Å². The Morgan fingerprint density at radius 3 is 2.43 bits per heavy atom. The van der Waals surface area contributed by atoms with E-state index in [2.05, 4.69) is 0 Å². The third kappa shape index (κ3) is 4.79. The summed E-state index contributed by atoms with van der Waals surface area (Å²) in [5.74, 6) is 0.658. The molecule has 9 heteroatoms. The number of anilines is 1. The molecule has 0 aliphatic carbocycles. The number of hydrogen-bond donors (Lipinski definition) is 0. The van der Waals surface area contributed by atoms with E-state index >= 15 is 0 Å². The second kappa shape index (κ2) is 9.09. The van der Waals surface area contributed by atoms with Gasteiger partial charge < -0.3 is 9.47 Å². The summed E-state index contributed by atoms with van der Waals surface area (Å²) in [4.78, 5) is 14.3. The highest BCUT2D eigenvalue weighted by molar-refractivity contribution is 8.27. The third-order valence-corrected chi connectivity index (χ3v) is 5.39. The number of amides is 1. The van der Waals surface area contributed by atoms with Gasteiger partial charge in [-0.25, -0.2) is 0 Å². The van der Waals surface area contributed by atoms with Crippen molar-refractivity contribution in [3.8, 4) is 11.5 Å². The van der Waals surface area contributed by atoms with Gasteiger partial charge in [-0.2, -0.15) is 13.2 Å². The van der Waals surface area contributed by atoms with Crippen LogP contribution in [0.4, 0.5) is 18.9 Å². The number of thioether (sulfide) groups is 1. The van der Waals surface area contributed by atoms with Crippen LogP contribution in [0.5, 0.6) is 11.5 Å². The molecule has 0 saturated carbocycles. The average molecular weight is 454 g/mol. The Balaban J connectivity index is 1.91. The SMILES string of the molecule is CCOc1ccc(C=C2SC(=S)N(c3cccc(C(F)(F)F)c3)C2=O)cc1OCC. The van der Waals surface area contributed by atoms with Crippen molar-refractivity contribution in [1.82, 2.24) is 0 Å². The Hall–Kier alpha value is -2.52. The van der Waals surface area contributed by atoms with E-state index in [4.69, 9.17) is 21.7 Å². The lowest BCUT2D eigenvalue weighted by atomic mass is 10.1. The van der Waals surface area contributed by atoms with Crippen LogP contribution in [0.15, 0.2) is 47.4 Å². The molecular formula is C21H18F3NO3S2. The maximum Gasteiger partial charge on any atom is 0.416 e. The first-order valence-electron chi connectivity index (χ1n) is 9.09. The Bertz CT molecular complexity index is 1010.